The number of hydrogen-bond acceptors (Lipinski definition) is 3. The summed E-state index contributed by atoms with van der Waals surface area (Å²) < 4.78 is 20.0. The van der Waals surface area contributed by atoms with E-state index in [0.29, 0.717) is 6.61 Å². The standard InChI is InChI=1S/C26H42Br2O3Si/c1-9-11-17-26(18-12-10-2,31-32(7,8)25(3,4)5)23(19-24(27)28)30-20-21-13-15-22(29-6)16-14-21/h9,13-16,19,23H,1,10-12,17-18,20H2,2-8H3/t23-,26-/m0/s1. The highest BCUT2D eigenvalue weighted by Gasteiger charge is 2.48. The maximum Gasteiger partial charge on any atom is 0.192 e. The minimum Gasteiger partial charge on any atom is -0.497 e. The van der Waals surface area contributed by atoms with Gasteiger partial charge in [-0.15, -0.1) is 6.58 Å². The summed E-state index contributed by atoms with van der Waals surface area (Å²) in [6.45, 7) is 18.3. The third kappa shape index (κ3) is 9.09. The number of methoxy groups -OCH3 is 1. The topological polar surface area (TPSA) is 27.7 Å². The van der Waals surface area contributed by atoms with Crippen LogP contribution in [0.1, 0.15) is 65.4 Å². The van der Waals surface area contributed by atoms with Crippen molar-refractivity contribution >= 4 is 40.2 Å². The molecule has 0 aliphatic rings. The first-order chi connectivity index (χ1) is 14.9. The number of halogens is 2. The Labute approximate surface area is 214 Å². The van der Waals surface area contributed by atoms with Crippen molar-refractivity contribution < 1.29 is 13.9 Å². The highest BCUT2D eigenvalue weighted by atomic mass is 79.9. The molecule has 1 aromatic rings. The Bertz CT molecular complexity index is 722. The Balaban J connectivity index is 3.38. The van der Waals surface area contributed by atoms with Crippen LogP contribution >= 0.6 is 31.9 Å². The molecule has 0 heterocycles. The van der Waals surface area contributed by atoms with Gasteiger partial charge in [-0.1, -0.05) is 58.7 Å². The number of rotatable bonds is 14. The molecule has 1 aromatic carbocycles. The minimum atomic E-state index is -2.07. The zero-order chi connectivity index (χ0) is 24.4. The van der Waals surface area contributed by atoms with Crippen LogP contribution < -0.4 is 4.74 Å². The minimum absolute atomic E-state index is 0.106. The van der Waals surface area contributed by atoms with E-state index in [1.165, 1.54) is 0 Å². The van der Waals surface area contributed by atoms with Gasteiger partial charge < -0.3 is 13.9 Å². The second-order valence-corrected chi connectivity index (χ2v) is 17.4. The summed E-state index contributed by atoms with van der Waals surface area (Å²) in [7, 11) is -0.385. The maximum absolute atomic E-state index is 7.24. The summed E-state index contributed by atoms with van der Waals surface area (Å²) >= 11 is 7.17. The van der Waals surface area contributed by atoms with Crippen molar-refractivity contribution in [3.05, 3.63) is 52.0 Å². The number of hydrogen-bond donors (Lipinski definition) is 0. The van der Waals surface area contributed by atoms with Gasteiger partial charge in [0, 0.05) is 0 Å². The molecule has 0 N–H and O–H groups in total. The maximum atomic E-state index is 7.24. The SMILES string of the molecule is C=CCC[C@@](CCCC)(O[Si](C)(C)C(C)(C)C)[C@H](C=C(Br)Br)OCc1ccc(OC)cc1. The number of benzene rings is 1. The lowest BCUT2D eigenvalue weighted by Crippen LogP contribution is -2.55. The summed E-state index contributed by atoms with van der Waals surface area (Å²) in [6.07, 6.45) is 8.79. The van der Waals surface area contributed by atoms with Crippen molar-refractivity contribution in [1.82, 2.24) is 0 Å². The van der Waals surface area contributed by atoms with E-state index < -0.39 is 13.9 Å². The van der Waals surface area contributed by atoms with E-state index >= 15 is 0 Å². The van der Waals surface area contributed by atoms with Crippen LogP contribution in [0.4, 0.5) is 0 Å². The molecule has 0 radical (unpaired) electrons. The van der Waals surface area contributed by atoms with Gasteiger partial charge in [0.2, 0.25) is 0 Å². The monoisotopic (exact) mass is 588 g/mol. The highest BCUT2D eigenvalue weighted by Crippen LogP contribution is 2.44. The van der Waals surface area contributed by atoms with E-state index in [1.807, 2.05) is 18.2 Å². The van der Waals surface area contributed by atoms with Crippen LogP contribution in [-0.4, -0.2) is 27.1 Å². The molecule has 1 rings (SSSR count). The van der Waals surface area contributed by atoms with Crippen LogP contribution in [0.5, 0.6) is 5.75 Å². The van der Waals surface area contributed by atoms with E-state index in [2.05, 4.69) is 97.4 Å². The predicted molar refractivity (Wildman–Crippen MR) is 147 cm³/mol. The number of allylic oxidation sites excluding steroid dienone is 1. The van der Waals surface area contributed by atoms with Gasteiger partial charge in [-0.3, -0.25) is 0 Å². The van der Waals surface area contributed by atoms with Gasteiger partial charge in [-0.05, 0) is 93.0 Å². The smallest absolute Gasteiger partial charge is 0.192 e. The fourth-order valence-electron chi connectivity index (χ4n) is 3.43. The summed E-state index contributed by atoms with van der Waals surface area (Å²) in [6, 6.07) is 8.04. The van der Waals surface area contributed by atoms with Crippen molar-refractivity contribution in [1.29, 1.82) is 0 Å². The summed E-state index contributed by atoms with van der Waals surface area (Å²) in [4.78, 5) is 0. The Kier molecular flexibility index (Phi) is 12.5. The van der Waals surface area contributed by atoms with Gasteiger partial charge in [0.05, 0.1) is 22.7 Å². The lowest BCUT2D eigenvalue weighted by molar-refractivity contribution is -0.0924. The zero-order valence-corrected chi connectivity index (χ0v) is 25.1. The second kappa shape index (κ2) is 13.5. The van der Waals surface area contributed by atoms with Gasteiger partial charge in [0.1, 0.15) is 11.9 Å². The average Bonchev–Trinajstić information content (AvgIpc) is 2.72. The van der Waals surface area contributed by atoms with Crippen molar-refractivity contribution in [3.8, 4) is 5.75 Å². The molecule has 0 saturated heterocycles. The Morgan fingerprint density at radius 3 is 2.22 bits per heavy atom. The molecule has 3 nitrogen and oxygen atoms in total. The van der Waals surface area contributed by atoms with Crippen LogP contribution in [0.3, 0.4) is 0 Å². The van der Waals surface area contributed by atoms with E-state index in [1.54, 1.807) is 7.11 Å². The lowest BCUT2D eigenvalue weighted by Gasteiger charge is -2.48. The van der Waals surface area contributed by atoms with Crippen LogP contribution in [-0.2, 0) is 15.8 Å². The Morgan fingerprint density at radius 1 is 1.12 bits per heavy atom. The molecule has 0 bridgehead atoms. The molecular weight excluding hydrogens is 548 g/mol. The molecule has 0 spiro atoms. The van der Waals surface area contributed by atoms with Crippen molar-refractivity contribution in [2.24, 2.45) is 0 Å². The van der Waals surface area contributed by atoms with Crippen molar-refractivity contribution in [2.45, 2.75) is 96.2 Å². The normalized spacial score (nSPS) is 15.0. The van der Waals surface area contributed by atoms with Gasteiger partial charge in [-0.25, -0.2) is 0 Å². The summed E-state index contributed by atoms with van der Waals surface area (Å²) in [5.74, 6) is 0.845. The first-order valence-corrected chi connectivity index (χ1v) is 16.0. The van der Waals surface area contributed by atoms with E-state index in [0.717, 1.165) is 46.8 Å². The molecule has 0 unspecified atom stereocenters. The molecule has 0 saturated carbocycles. The average molecular weight is 591 g/mol. The van der Waals surface area contributed by atoms with Gasteiger partial charge in [0.15, 0.2) is 8.32 Å². The molecule has 0 aliphatic carbocycles. The molecule has 0 fully saturated rings. The molecule has 6 heteroatoms. The van der Waals surface area contributed by atoms with Crippen molar-refractivity contribution in [3.63, 3.8) is 0 Å². The van der Waals surface area contributed by atoms with Gasteiger partial charge in [-0.2, -0.15) is 0 Å². The Hall–Kier alpha value is -0.403. The van der Waals surface area contributed by atoms with Crippen LogP contribution in [0.2, 0.25) is 18.1 Å². The largest absolute Gasteiger partial charge is 0.497 e. The van der Waals surface area contributed by atoms with Crippen molar-refractivity contribution in [2.75, 3.05) is 7.11 Å². The third-order valence-corrected chi connectivity index (χ3v) is 11.4. The Morgan fingerprint density at radius 2 is 1.75 bits per heavy atom. The van der Waals surface area contributed by atoms with E-state index in [4.69, 9.17) is 13.9 Å². The zero-order valence-electron chi connectivity index (χ0n) is 21.0. The molecule has 182 valence electrons. The van der Waals surface area contributed by atoms with Crippen LogP contribution in [0.15, 0.2) is 46.4 Å². The third-order valence-electron chi connectivity index (χ3n) is 6.37. The summed E-state index contributed by atoms with van der Waals surface area (Å²) in [5.41, 5.74) is 0.683. The molecule has 0 aromatic heterocycles. The second-order valence-electron chi connectivity index (χ2n) is 9.89. The van der Waals surface area contributed by atoms with Gasteiger partial charge >= 0.3 is 0 Å². The number of ether oxygens (including phenoxy) is 2. The fraction of sp³-hybridized carbons (Fsp3) is 0.615. The van der Waals surface area contributed by atoms with Gasteiger partial charge in [0.25, 0.3) is 0 Å². The first kappa shape index (κ1) is 29.6. The number of unbranched alkanes of at least 4 members (excludes halogenated alkanes) is 1. The molecule has 2 atom stereocenters. The van der Waals surface area contributed by atoms with E-state index in [9.17, 15) is 0 Å². The van der Waals surface area contributed by atoms with Crippen LogP contribution in [0.25, 0.3) is 0 Å². The summed E-state index contributed by atoms with van der Waals surface area (Å²) in [5, 5.41) is 0.106. The lowest BCUT2D eigenvalue weighted by atomic mass is 9.86. The quantitative estimate of drug-likeness (QED) is 0.160. The molecular formula is C26H42Br2O3Si. The molecule has 0 amide bonds. The highest BCUT2D eigenvalue weighted by molar-refractivity contribution is 9.28. The fourth-order valence-corrected chi connectivity index (χ4v) is 5.55. The van der Waals surface area contributed by atoms with Crippen LogP contribution in [0, 0.1) is 0 Å². The molecule has 32 heavy (non-hydrogen) atoms. The molecule has 0 aliphatic heterocycles. The van der Waals surface area contributed by atoms with E-state index in [-0.39, 0.29) is 11.1 Å². The first-order valence-electron chi connectivity index (χ1n) is 11.5. The predicted octanol–water partition coefficient (Wildman–Crippen LogP) is 9.13.